The molecule has 0 aromatic carbocycles. The number of aliphatic hydroxyl groups is 1. The van der Waals surface area contributed by atoms with Crippen molar-refractivity contribution in [3.63, 3.8) is 0 Å². The lowest BCUT2D eigenvalue weighted by molar-refractivity contribution is 0.161. The van der Waals surface area contributed by atoms with Gasteiger partial charge in [-0.3, -0.25) is 0 Å². The molecule has 0 atom stereocenters. The maximum Gasteiger partial charge on any atom is 0.165 e. The van der Waals surface area contributed by atoms with Gasteiger partial charge in [0.15, 0.2) is 5.82 Å². The second-order valence-electron chi connectivity index (χ2n) is 5.13. The first-order valence-electron chi connectivity index (χ1n) is 6.29. The Labute approximate surface area is 101 Å². The van der Waals surface area contributed by atoms with Crippen molar-refractivity contribution in [3.8, 4) is 0 Å². The van der Waals surface area contributed by atoms with Crippen LogP contribution in [0.25, 0.3) is 0 Å². The van der Waals surface area contributed by atoms with Crippen LogP contribution in [0.5, 0.6) is 0 Å². The first kappa shape index (κ1) is 12.4. The van der Waals surface area contributed by atoms with Crippen molar-refractivity contribution in [1.82, 2.24) is 25.5 Å². The predicted molar refractivity (Wildman–Crippen MR) is 63.3 cm³/mol. The number of nitrogens with zero attached hydrogens (tertiary/aromatic N) is 4. The third-order valence-electron chi connectivity index (χ3n) is 3.53. The fraction of sp³-hybridized carbons (Fsp3) is 0.909. The van der Waals surface area contributed by atoms with Gasteiger partial charge in [0.05, 0.1) is 19.2 Å². The van der Waals surface area contributed by atoms with Crippen LogP contribution in [0, 0.1) is 0 Å². The minimum absolute atomic E-state index is 0.117. The normalized spacial score (nSPS) is 19.1. The second kappa shape index (κ2) is 5.10. The largest absolute Gasteiger partial charge is 0.394 e. The highest BCUT2D eigenvalue weighted by atomic mass is 16.3. The van der Waals surface area contributed by atoms with Crippen molar-refractivity contribution in [1.29, 1.82) is 0 Å². The summed E-state index contributed by atoms with van der Waals surface area (Å²) in [6.45, 7) is 4.91. The lowest BCUT2D eigenvalue weighted by Gasteiger charge is -2.27. The van der Waals surface area contributed by atoms with Gasteiger partial charge in [0.2, 0.25) is 0 Å². The average Bonchev–Trinajstić information content (AvgIpc) is 2.96. The van der Waals surface area contributed by atoms with E-state index in [1.807, 2.05) is 4.68 Å². The lowest BCUT2D eigenvalue weighted by atomic mass is 9.99. The highest BCUT2D eigenvalue weighted by molar-refractivity contribution is 4.94. The Morgan fingerprint density at radius 1 is 1.41 bits per heavy atom. The zero-order valence-electron chi connectivity index (χ0n) is 10.6. The molecule has 1 aliphatic rings. The van der Waals surface area contributed by atoms with Crippen LogP contribution < -0.4 is 5.32 Å². The van der Waals surface area contributed by atoms with E-state index in [9.17, 15) is 5.11 Å². The van der Waals surface area contributed by atoms with Gasteiger partial charge in [0.25, 0.3) is 0 Å². The van der Waals surface area contributed by atoms with E-state index < -0.39 is 0 Å². The van der Waals surface area contributed by atoms with Crippen molar-refractivity contribution < 1.29 is 5.11 Å². The summed E-state index contributed by atoms with van der Waals surface area (Å²) in [6.07, 6.45) is 4.44. The smallest absolute Gasteiger partial charge is 0.165 e. The molecule has 0 saturated heterocycles. The Balaban J connectivity index is 1.99. The molecule has 96 valence electrons. The van der Waals surface area contributed by atoms with Gasteiger partial charge in [0, 0.05) is 5.54 Å². The Morgan fingerprint density at radius 2 is 2.12 bits per heavy atom. The Morgan fingerprint density at radius 3 is 2.71 bits per heavy atom. The van der Waals surface area contributed by atoms with Crippen LogP contribution in [0.2, 0.25) is 0 Å². The summed E-state index contributed by atoms with van der Waals surface area (Å²) in [5.74, 6) is 0.833. The van der Waals surface area contributed by atoms with Crippen molar-refractivity contribution in [2.45, 2.75) is 57.7 Å². The van der Waals surface area contributed by atoms with E-state index in [-0.39, 0.29) is 18.2 Å². The van der Waals surface area contributed by atoms with Crippen LogP contribution >= 0.6 is 0 Å². The zero-order valence-corrected chi connectivity index (χ0v) is 10.6. The lowest BCUT2D eigenvalue weighted by Crippen LogP contribution is -2.46. The van der Waals surface area contributed by atoms with Gasteiger partial charge in [-0.05, 0) is 37.1 Å². The van der Waals surface area contributed by atoms with E-state index in [0.29, 0.717) is 6.54 Å². The van der Waals surface area contributed by atoms with E-state index in [4.69, 9.17) is 0 Å². The molecule has 1 heterocycles. The van der Waals surface area contributed by atoms with Crippen molar-refractivity contribution in [3.05, 3.63) is 5.82 Å². The Kier molecular flexibility index (Phi) is 3.73. The standard InChI is InChI=1S/C11H21N5O/c1-9(2)16-10(13-14-15-16)7-12-11(8-17)5-3-4-6-11/h9,12,17H,3-8H2,1-2H3. The number of hydrogen-bond acceptors (Lipinski definition) is 5. The monoisotopic (exact) mass is 239 g/mol. The molecule has 1 aromatic heterocycles. The van der Waals surface area contributed by atoms with Crippen LogP contribution in [0.1, 0.15) is 51.4 Å². The quantitative estimate of drug-likeness (QED) is 0.789. The minimum atomic E-state index is -0.117. The molecule has 1 aromatic rings. The molecule has 1 saturated carbocycles. The van der Waals surface area contributed by atoms with Crippen LogP contribution in [0.15, 0.2) is 0 Å². The number of aliphatic hydroxyl groups excluding tert-OH is 1. The summed E-state index contributed by atoms with van der Waals surface area (Å²) in [5.41, 5.74) is -0.117. The van der Waals surface area contributed by atoms with Gasteiger partial charge in [-0.15, -0.1) is 5.10 Å². The second-order valence-corrected chi connectivity index (χ2v) is 5.13. The molecule has 6 heteroatoms. The maximum atomic E-state index is 9.50. The van der Waals surface area contributed by atoms with Crippen LogP contribution in [-0.2, 0) is 6.54 Å². The number of aromatic nitrogens is 4. The van der Waals surface area contributed by atoms with Crippen molar-refractivity contribution in [2.24, 2.45) is 0 Å². The fourth-order valence-electron chi connectivity index (χ4n) is 2.44. The summed E-state index contributed by atoms with van der Waals surface area (Å²) >= 11 is 0. The van der Waals surface area contributed by atoms with Gasteiger partial charge >= 0.3 is 0 Å². The molecule has 0 bridgehead atoms. The third-order valence-corrected chi connectivity index (χ3v) is 3.53. The zero-order chi connectivity index (χ0) is 12.3. The molecule has 1 aliphatic carbocycles. The number of tetrazole rings is 1. The van der Waals surface area contributed by atoms with Gasteiger partial charge in [-0.2, -0.15) is 0 Å². The SMILES string of the molecule is CC(C)n1nnnc1CNC1(CO)CCCC1. The van der Waals surface area contributed by atoms with E-state index >= 15 is 0 Å². The van der Waals surface area contributed by atoms with Gasteiger partial charge < -0.3 is 10.4 Å². The number of nitrogens with one attached hydrogen (secondary N) is 1. The molecule has 2 N–H and O–H groups in total. The summed E-state index contributed by atoms with van der Waals surface area (Å²) in [6, 6.07) is 0.260. The minimum Gasteiger partial charge on any atom is -0.394 e. The summed E-state index contributed by atoms with van der Waals surface area (Å²) in [4.78, 5) is 0. The average molecular weight is 239 g/mol. The number of rotatable bonds is 5. The summed E-state index contributed by atoms with van der Waals surface area (Å²) < 4.78 is 1.81. The van der Waals surface area contributed by atoms with E-state index in [2.05, 4.69) is 34.7 Å². The summed E-state index contributed by atoms with van der Waals surface area (Å²) in [5, 5.41) is 24.6. The molecule has 0 aliphatic heterocycles. The van der Waals surface area contributed by atoms with Crippen molar-refractivity contribution >= 4 is 0 Å². The molecule has 6 nitrogen and oxygen atoms in total. The van der Waals surface area contributed by atoms with Crippen LogP contribution in [0.3, 0.4) is 0 Å². The molecule has 1 fully saturated rings. The molecule has 0 unspecified atom stereocenters. The van der Waals surface area contributed by atoms with Gasteiger partial charge in [-0.25, -0.2) is 4.68 Å². The third kappa shape index (κ3) is 2.63. The van der Waals surface area contributed by atoms with Gasteiger partial charge in [-0.1, -0.05) is 12.8 Å². The van der Waals surface area contributed by atoms with E-state index in [1.54, 1.807) is 0 Å². The molecule has 0 spiro atoms. The molecule has 2 rings (SSSR count). The van der Waals surface area contributed by atoms with Crippen molar-refractivity contribution in [2.75, 3.05) is 6.61 Å². The molecule has 0 radical (unpaired) electrons. The molecule has 17 heavy (non-hydrogen) atoms. The van der Waals surface area contributed by atoms with Crippen LogP contribution in [-0.4, -0.2) is 37.5 Å². The van der Waals surface area contributed by atoms with E-state index in [1.165, 1.54) is 12.8 Å². The van der Waals surface area contributed by atoms with Crippen LogP contribution in [0.4, 0.5) is 0 Å². The molecular weight excluding hydrogens is 218 g/mol. The topological polar surface area (TPSA) is 75.9 Å². The fourth-order valence-corrected chi connectivity index (χ4v) is 2.44. The van der Waals surface area contributed by atoms with E-state index in [0.717, 1.165) is 18.7 Å². The molecular formula is C11H21N5O. The predicted octanol–water partition coefficient (Wildman–Crippen LogP) is 0.649. The highest BCUT2D eigenvalue weighted by Gasteiger charge is 2.32. The Bertz CT molecular complexity index is 356. The molecule has 0 amide bonds. The number of hydrogen-bond donors (Lipinski definition) is 2. The summed E-state index contributed by atoms with van der Waals surface area (Å²) in [7, 11) is 0. The first-order valence-corrected chi connectivity index (χ1v) is 6.29. The highest BCUT2D eigenvalue weighted by Crippen LogP contribution is 2.29. The first-order chi connectivity index (χ1) is 8.17. The van der Waals surface area contributed by atoms with Gasteiger partial charge in [0.1, 0.15) is 0 Å². The Hall–Kier alpha value is -1.01. The maximum absolute atomic E-state index is 9.50.